The van der Waals surface area contributed by atoms with Crippen LogP contribution in [0.3, 0.4) is 0 Å². The predicted octanol–water partition coefficient (Wildman–Crippen LogP) is 1.20. The van der Waals surface area contributed by atoms with E-state index in [4.69, 9.17) is 0 Å². The summed E-state index contributed by atoms with van der Waals surface area (Å²) in [5, 5.41) is 0. The van der Waals surface area contributed by atoms with Gasteiger partial charge in [-0.25, -0.2) is 4.79 Å². The summed E-state index contributed by atoms with van der Waals surface area (Å²) in [5.41, 5.74) is 2.30. The van der Waals surface area contributed by atoms with Gasteiger partial charge in [0.25, 0.3) is 0 Å². The highest BCUT2D eigenvalue weighted by atomic mass is 32.2. The molecule has 0 amide bonds. The maximum Gasteiger partial charge on any atom is 0.337 e. The van der Waals surface area contributed by atoms with Gasteiger partial charge in [0.1, 0.15) is 0 Å². The molecular formula is C11H13O4S-. The van der Waals surface area contributed by atoms with Crippen LogP contribution in [0.5, 0.6) is 0 Å². The Balaban J connectivity index is 2.83. The first-order valence-electron chi connectivity index (χ1n) is 4.78. The van der Waals surface area contributed by atoms with Crippen molar-refractivity contribution in [3.8, 4) is 0 Å². The fourth-order valence-electron chi connectivity index (χ4n) is 1.41. The first kappa shape index (κ1) is 12.9. The Morgan fingerprint density at radius 2 is 2.19 bits per heavy atom. The van der Waals surface area contributed by atoms with Gasteiger partial charge in [-0.05, 0) is 36.6 Å². The summed E-state index contributed by atoms with van der Waals surface area (Å²) in [7, 11) is 1.33. The van der Waals surface area contributed by atoms with Crippen molar-refractivity contribution in [2.75, 3.05) is 12.9 Å². The molecule has 0 heterocycles. The third kappa shape index (κ3) is 3.43. The second-order valence-electron chi connectivity index (χ2n) is 3.39. The Bertz CT molecular complexity index is 414. The Hall–Kier alpha value is -1.20. The highest BCUT2D eigenvalue weighted by Crippen LogP contribution is 2.12. The Kier molecular flexibility index (Phi) is 4.64. The molecule has 1 atom stereocenters. The average molecular weight is 241 g/mol. The Morgan fingerprint density at radius 3 is 2.69 bits per heavy atom. The molecule has 1 aromatic rings. The van der Waals surface area contributed by atoms with Crippen molar-refractivity contribution in [2.45, 2.75) is 13.3 Å². The molecule has 4 nitrogen and oxygen atoms in total. The van der Waals surface area contributed by atoms with Gasteiger partial charge in [0.05, 0.1) is 12.7 Å². The number of aryl methyl sites for hydroxylation is 2. The minimum atomic E-state index is -2.03. The van der Waals surface area contributed by atoms with Gasteiger partial charge in [0.15, 0.2) is 0 Å². The second-order valence-corrected chi connectivity index (χ2v) is 4.41. The van der Waals surface area contributed by atoms with Gasteiger partial charge in [-0.15, -0.1) is 0 Å². The second kappa shape index (κ2) is 5.77. The average Bonchev–Trinajstić information content (AvgIpc) is 2.26. The molecule has 5 heteroatoms. The van der Waals surface area contributed by atoms with E-state index in [1.54, 1.807) is 18.2 Å². The molecule has 0 aromatic heterocycles. The number of esters is 1. The van der Waals surface area contributed by atoms with Gasteiger partial charge in [-0.1, -0.05) is 17.1 Å². The van der Waals surface area contributed by atoms with Crippen molar-refractivity contribution in [3.63, 3.8) is 0 Å². The van der Waals surface area contributed by atoms with Crippen LogP contribution in [0, 0.1) is 6.92 Å². The summed E-state index contributed by atoms with van der Waals surface area (Å²) in [6, 6.07) is 5.10. The fourth-order valence-corrected chi connectivity index (χ4v) is 1.80. The molecule has 0 aliphatic rings. The maximum atomic E-state index is 11.2. The van der Waals surface area contributed by atoms with Crippen molar-refractivity contribution < 1.29 is 18.3 Å². The standard InChI is InChI=1S/C11H14O4S/c1-8-7-10(11(12)15-2)4-3-9(8)5-6-16(13)14/h3-4,7H,5-6H2,1-2H3,(H,13,14)/p-1. The van der Waals surface area contributed by atoms with E-state index in [1.165, 1.54) is 7.11 Å². The van der Waals surface area contributed by atoms with Crippen LogP contribution in [-0.4, -0.2) is 27.6 Å². The normalized spacial score (nSPS) is 12.2. The van der Waals surface area contributed by atoms with Crippen LogP contribution in [0.25, 0.3) is 0 Å². The Morgan fingerprint density at radius 1 is 1.50 bits per heavy atom. The largest absolute Gasteiger partial charge is 0.772 e. The third-order valence-corrected chi connectivity index (χ3v) is 2.84. The highest BCUT2D eigenvalue weighted by molar-refractivity contribution is 7.79. The van der Waals surface area contributed by atoms with Gasteiger partial charge in [0.2, 0.25) is 0 Å². The van der Waals surface area contributed by atoms with E-state index < -0.39 is 11.1 Å². The number of hydrogen-bond acceptors (Lipinski definition) is 4. The van der Waals surface area contributed by atoms with Gasteiger partial charge in [0, 0.05) is 5.75 Å². The van der Waals surface area contributed by atoms with Crippen molar-refractivity contribution in [2.24, 2.45) is 0 Å². The minimum Gasteiger partial charge on any atom is -0.772 e. The van der Waals surface area contributed by atoms with Gasteiger partial charge < -0.3 is 9.29 Å². The molecule has 0 N–H and O–H groups in total. The van der Waals surface area contributed by atoms with E-state index in [2.05, 4.69) is 4.74 Å². The first-order valence-corrected chi connectivity index (χ1v) is 6.02. The van der Waals surface area contributed by atoms with E-state index in [1.807, 2.05) is 6.92 Å². The van der Waals surface area contributed by atoms with E-state index in [0.29, 0.717) is 12.0 Å². The summed E-state index contributed by atoms with van der Waals surface area (Å²) >= 11 is -2.03. The van der Waals surface area contributed by atoms with Gasteiger partial charge in [-0.3, -0.25) is 4.21 Å². The molecule has 1 rings (SSSR count). The van der Waals surface area contributed by atoms with E-state index >= 15 is 0 Å². The first-order chi connectivity index (χ1) is 7.54. The number of carbonyl (C=O) groups excluding carboxylic acids is 1. The number of rotatable bonds is 4. The molecule has 0 bridgehead atoms. The summed E-state index contributed by atoms with van der Waals surface area (Å²) in [5.74, 6) is -0.291. The van der Waals surface area contributed by atoms with Crippen LogP contribution in [0.15, 0.2) is 18.2 Å². The van der Waals surface area contributed by atoms with Gasteiger partial charge in [-0.2, -0.15) is 0 Å². The molecule has 0 aliphatic carbocycles. The molecule has 0 fully saturated rings. The topological polar surface area (TPSA) is 66.4 Å². The summed E-state index contributed by atoms with van der Waals surface area (Å²) in [6.07, 6.45) is 0.462. The molecule has 0 saturated carbocycles. The number of hydrogen-bond donors (Lipinski definition) is 0. The number of benzene rings is 1. The van der Waals surface area contributed by atoms with E-state index in [-0.39, 0.29) is 11.7 Å². The molecule has 0 radical (unpaired) electrons. The number of methoxy groups -OCH3 is 1. The lowest BCUT2D eigenvalue weighted by molar-refractivity contribution is 0.0600. The smallest absolute Gasteiger partial charge is 0.337 e. The summed E-state index contributed by atoms with van der Waals surface area (Å²) in [6.45, 7) is 1.84. The maximum absolute atomic E-state index is 11.2. The zero-order valence-electron chi connectivity index (χ0n) is 9.19. The van der Waals surface area contributed by atoms with Crippen LogP contribution >= 0.6 is 0 Å². The lowest BCUT2D eigenvalue weighted by atomic mass is 10.0. The predicted molar refractivity (Wildman–Crippen MR) is 60.0 cm³/mol. The van der Waals surface area contributed by atoms with Crippen LogP contribution < -0.4 is 0 Å². The fraction of sp³-hybridized carbons (Fsp3) is 0.364. The lowest BCUT2D eigenvalue weighted by Crippen LogP contribution is -2.05. The Labute approximate surface area is 96.9 Å². The highest BCUT2D eigenvalue weighted by Gasteiger charge is 2.07. The molecule has 1 unspecified atom stereocenters. The van der Waals surface area contributed by atoms with Crippen molar-refractivity contribution >= 4 is 17.0 Å². The van der Waals surface area contributed by atoms with Crippen LogP contribution in [0.4, 0.5) is 0 Å². The molecule has 1 aromatic carbocycles. The zero-order chi connectivity index (χ0) is 12.1. The molecule has 0 spiro atoms. The molecule has 88 valence electrons. The van der Waals surface area contributed by atoms with Crippen molar-refractivity contribution in [1.29, 1.82) is 0 Å². The molecular weight excluding hydrogens is 228 g/mol. The molecule has 0 aliphatic heterocycles. The van der Waals surface area contributed by atoms with Gasteiger partial charge >= 0.3 is 5.97 Å². The van der Waals surface area contributed by atoms with Crippen LogP contribution in [0.1, 0.15) is 21.5 Å². The minimum absolute atomic E-state index is 0.0956. The van der Waals surface area contributed by atoms with E-state index in [0.717, 1.165) is 11.1 Å². The monoisotopic (exact) mass is 241 g/mol. The van der Waals surface area contributed by atoms with Crippen LogP contribution in [0.2, 0.25) is 0 Å². The molecule has 16 heavy (non-hydrogen) atoms. The SMILES string of the molecule is COC(=O)c1ccc(CCS(=O)[O-])c(C)c1. The summed E-state index contributed by atoms with van der Waals surface area (Å²) in [4.78, 5) is 11.2. The van der Waals surface area contributed by atoms with E-state index in [9.17, 15) is 13.6 Å². The summed E-state index contributed by atoms with van der Waals surface area (Å²) < 4.78 is 25.5. The third-order valence-electron chi connectivity index (χ3n) is 2.30. The number of ether oxygens (including phenoxy) is 1. The lowest BCUT2D eigenvalue weighted by Gasteiger charge is -2.09. The number of carbonyl (C=O) groups is 1. The zero-order valence-corrected chi connectivity index (χ0v) is 10.0. The molecule has 0 saturated heterocycles. The quantitative estimate of drug-likeness (QED) is 0.587. The van der Waals surface area contributed by atoms with Crippen LogP contribution in [-0.2, 0) is 22.2 Å². The van der Waals surface area contributed by atoms with Crippen molar-refractivity contribution in [1.82, 2.24) is 0 Å². The van der Waals surface area contributed by atoms with Crippen molar-refractivity contribution in [3.05, 3.63) is 34.9 Å².